The lowest BCUT2D eigenvalue weighted by Crippen LogP contribution is -2.38. The number of furan rings is 1. The molecule has 1 heterocycles. The van der Waals surface area contributed by atoms with Gasteiger partial charge in [-0.1, -0.05) is 6.42 Å². The summed E-state index contributed by atoms with van der Waals surface area (Å²) in [5.41, 5.74) is 0. The molecular weight excluding hydrogens is 358 g/mol. The molecule has 18 heavy (non-hydrogen) atoms. The van der Waals surface area contributed by atoms with E-state index in [0.717, 1.165) is 15.9 Å². The minimum Gasteiger partial charge on any atom is -0.454 e. The summed E-state index contributed by atoms with van der Waals surface area (Å²) in [7, 11) is 0. The fourth-order valence-electron chi connectivity index (χ4n) is 2.36. The number of nitrogens with one attached hydrogen (secondary N) is 1. The van der Waals surface area contributed by atoms with E-state index in [4.69, 9.17) is 4.42 Å². The van der Waals surface area contributed by atoms with Crippen LogP contribution in [0, 0.1) is 9.68 Å². The van der Waals surface area contributed by atoms with Crippen LogP contribution in [0.25, 0.3) is 0 Å². The van der Waals surface area contributed by atoms with Crippen molar-refractivity contribution in [2.75, 3.05) is 0 Å². The average molecular weight is 373 g/mol. The van der Waals surface area contributed by atoms with Crippen LogP contribution in [0.15, 0.2) is 16.5 Å². The van der Waals surface area contributed by atoms with Gasteiger partial charge >= 0.3 is 6.18 Å². The molecule has 0 aromatic carbocycles. The molecule has 1 N–H and O–H groups in total. The van der Waals surface area contributed by atoms with Crippen LogP contribution in [0.1, 0.15) is 31.4 Å². The molecule has 0 amide bonds. The largest absolute Gasteiger partial charge is 0.454 e. The van der Waals surface area contributed by atoms with Gasteiger partial charge in [-0.2, -0.15) is 13.2 Å². The van der Waals surface area contributed by atoms with Crippen LogP contribution in [0.2, 0.25) is 0 Å². The molecule has 1 aromatic rings. The molecule has 0 bridgehead atoms. The Morgan fingerprint density at radius 2 is 2.11 bits per heavy atom. The SMILES string of the molecule is FC(F)(F)C1CCCC(NCc2ccc(I)o2)C1. The Hall–Kier alpha value is -0.240. The average Bonchev–Trinajstić information content (AvgIpc) is 2.72. The Morgan fingerprint density at radius 3 is 2.72 bits per heavy atom. The van der Waals surface area contributed by atoms with E-state index in [0.29, 0.717) is 13.0 Å². The first-order chi connectivity index (χ1) is 8.45. The zero-order chi connectivity index (χ0) is 13.2. The molecule has 1 saturated carbocycles. The predicted molar refractivity (Wildman–Crippen MR) is 70.1 cm³/mol. The van der Waals surface area contributed by atoms with Gasteiger partial charge in [0, 0.05) is 6.04 Å². The fourth-order valence-corrected chi connectivity index (χ4v) is 2.83. The summed E-state index contributed by atoms with van der Waals surface area (Å²) >= 11 is 2.07. The topological polar surface area (TPSA) is 25.2 Å². The molecule has 1 aliphatic rings. The molecule has 102 valence electrons. The minimum absolute atomic E-state index is 0.0619. The van der Waals surface area contributed by atoms with Crippen molar-refractivity contribution in [3.63, 3.8) is 0 Å². The second kappa shape index (κ2) is 5.81. The number of alkyl halides is 3. The smallest absolute Gasteiger partial charge is 0.391 e. The zero-order valence-electron chi connectivity index (χ0n) is 9.77. The van der Waals surface area contributed by atoms with Crippen molar-refractivity contribution in [2.45, 2.75) is 44.4 Å². The third-order valence-corrected chi connectivity index (χ3v) is 3.91. The van der Waals surface area contributed by atoms with E-state index in [1.54, 1.807) is 0 Å². The van der Waals surface area contributed by atoms with Crippen molar-refractivity contribution < 1.29 is 17.6 Å². The van der Waals surface area contributed by atoms with Crippen molar-refractivity contribution in [1.29, 1.82) is 0 Å². The first kappa shape index (κ1) is 14.2. The summed E-state index contributed by atoms with van der Waals surface area (Å²) in [4.78, 5) is 0. The van der Waals surface area contributed by atoms with Crippen LogP contribution >= 0.6 is 22.6 Å². The summed E-state index contributed by atoms with van der Waals surface area (Å²) in [5, 5.41) is 3.16. The molecule has 0 spiro atoms. The van der Waals surface area contributed by atoms with Crippen LogP contribution in [0.5, 0.6) is 0 Å². The van der Waals surface area contributed by atoms with Crippen molar-refractivity contribution in [1.82, 2.24) is 5.32 Å². The van der Waals surface area contributed by atoms with Crippen LogP contribution in [0.3, 0.4) is 0 Å². The van der Waals surface area contributed by atoms with Gasteiger partial charge in [0.2, 0.25) is 0 Å². The van der Waals surface area contributed by atoms with Crippen LogP contribution in [0.4, 0.5) is 13.2 Å². The lowest BCUT2D eigenvalue weighted by atomic mass is 9.85. The lowest BCUT2D eigenvalue weighted by Gasteiger charge is -2.30. The van der Waals surface area contributed by atoms with E-state index in [1.165, 1.54) is 0 Å². The number of hydrogen-bond donors (Lipinski definition) is 1. The van der Waals surface area contributed by atoms with Crippen LogP contribution < -0.4 is 5.32 Å². The number of rotatable bonds is 3. The van der Waals surface area contributed by atoms with E-state index >= 15 is 0 Å². The third-order valence-electron chi connectivity index (χ3n) is 3.33. The third kappa shape index (κ3) is 3.88. The summed E-state index contributed by atoms with van der Waals surface area (Å²) < 4.78 is 44.1. The van der Waals surface area contributed by atoms with Gasteiger partial charge in [-0.25, -0.2) is 0 Å². The summed E-state index contributed by atoms with van der Waals surface area (Å²) in [6.45, 7) is 0.498. The fraction of sp³-hybridized carbons (Fsp3) is 0.667. The first-order valence-corrected chi connectivity index (χ1v) is 7.07. The molecule has 2 unspecified atom stereocenters. The lowest BCUT2D eigenvalue weighted by molar-refractivity contribution is -0.183. The number of hydrogen-bond acceptors (Lipinski definition) is 2. The highest BCUT2D eigenvalue weighted by Crippen LogP contribution is 2.37. The van der Waals surface area contributed by atoms with Gasteiger partial charge in [0.05, 0.1) is 12.5 Å². The van der Waals surface area contributed by atoms with Gasteiger partial charge in [0.15, 0.2) is 3.77 Å². The van der Waals surface area contributed by atoms with E-state index in [1.807, 2.05) is 12.1 Å². The standard InChI is InChI=1S/C12H15F3INO/c13-12(14,15)8-2-1-3-9(6-8)17-7-10-4-5-11(16)18-10/h4-5,8-9,17H,1-3,6-7H2. The predicted octanol–water partition coefficient (Wildman–Crippen LogP) is 4.09. The molecule has 2 atom stereocenters. The van der Waals surface area contributed by atoms with E-state index in [9.17, 15) is 13.2 Å². The minimum atomic E-state index is -4.06. The normalized spacial score (nSPS) is 25.3. The Balaban J connectivity index is 1.83. The van der Waals surface area contributed by atoms with Crippen molar-refractivity contribution >= 4 is 22.6 Å². The number of halogens is 4. The summed E-state index contributed by atoms with van der Waals surface area (Å²) in [5.74, 6) is -0.381. The molecule has 0 saturated heterocycles. The van der Waals surface area contributed by atoms with E-state index in [-0.39, 0.29) is 18.9 Å². The van der Waals surface area contributed by atoms with E-state index in [2.05, 4.69) is 27.9 Å². The molecular formula is C12H15F3INO. The molecule has 1 aromatic heterocycles. The molecule has 2 rings (SSSR count). The molecule has 0 radical (unpaired) electrons. The molecule has 6 heteroatoms. The molecule has 0 aliphatic heterocycles. The maximum Gasteiger partial charge on any atom is 0.391 e. The molecule has 1 fully saturated rings. The Bertz CT molecular complexity index is 391. The highest BCUT2D eigenvalue weighted by molar-refractivity contribution is 14.1. The maximum absolute atomic E-state index is 12.6. The van der Waals surface area contributed by atoms with Crippen LogP contribution in [-0.4, -0.2) is 12.2 Å². The van der Waals surface area contributed by atoms with E-state index < -0.39 is 12.1 Å². The summed E-state index contributed by atoms with van der Waals surface area (Å²) in [6, 6.07) is 3.63. The summed E-state index contributed by atoms with van der Waals surface area (Å²) in [6.07, 6.45) is -2.16. The van der Waals surface area contributed by atoms with Gasteiger partial charge in [-0.05, 0) is 54.0 Å². The molecule has 1 aliphatic carbocycles. The maximum atomic E-state index is 12.6. The monoisotopic (exact) mass is 373 g/mol. The van der Waals surface area contributed by atoms with Gasteiger partial charge in [0.25, 0.3) is 0 Å². The highest BCUT2D eigenvalue weighted by Gasteiger charge is 2.41. The van der Waals surface area contributed by atoms with Gasteiger partial charge < -0.3 is 9.73 Å². The highest BCUT2D eigenvalue weighted by atomic mass is 127. The van der Waals surface area contributed by atoms with Crippen molar-refractivity contribution in [3.05, 3.63) is 21.7 Å². The molecule has 2 nitrogen and oxygen atoms in total. The zero-order valence-corrected chi connectivity index (χ0v) is 11.9. The quantitative estimate of drug-likeness (QED) is 0.808. The van der Waals surface area contributed by atoms with Crippen LogP contribution in [-0.2, 0) is 6.54 Å². The van der Waals surface area contributed by atoms with Crippen molar-refractivity contribution in [2.24, 2.45) is 5.92 Å². The van der Waals surface area contributed by atoms with Gasteiger partial charge in [0.1, 0.15) is 5.76 Å². The first-order valence-electron chi connectivity index (χ1n) is 5.99. The second-order valence-corrected chi connectivity index (χ2v) is 5.75. The second-order valence-electron chi connectivity index (χ2n) is 4.69. The van der Waals surface area contributed by atoms with Gasteiger partial charge in [-0.15, -0.1) is 0 Å². The van der Waals surface area contributed by atoms with Gasteiger partial charge in [-0.3, -0.25) is 0 Å². The van der Waals surface area contributed by atoms with Crippen molar-refractivity contribution in [3.8, 4) is 0 Å². The Kier molecular flexibility index (Phi) is 4.58. The Morgan fingerprint density at radius 1 is 1.33 bits per heavy atom. The Labute approximate surface area is 117 Å².